The molecule has 0 aliphatic heterocycles. The van der Waals surface area contributed by atoms with Crippen molar-refractivity contribution in [2.75, 3.05) is 0 Å². The molecule has 0 unspecified atom stereocenters. The first kappa shape index (κ1) is 19.1. The molecular weight excluding hydrogens is 362 g/mol. The van der Waals surface area contributed by atoms with Crippen LogP contribution in [0.1, 0.15) is 32.1 Å². The first-order valence-corrected chi connectivity index (χ1v) is 10.2. The zero-order chi connectivity index (χ0) is 19.9. The van der Waals surface area contributed by atoms with Crippen LogP contribution in [0, 0.1) is 0 Å². The Morgan fingerprint density at radius 1 is 0.724 bits per heavy atom. The Labute approximate surface area is 171 Å². The summed E-state index contributed by atoms with van der Waals surface area (Å²) in [5, 5.41) is 2.96. The normalized spacial score (nSPS) is 14.2. The van der Waals surface area contributed by atoms with Gasteiger partial charge in [0.1, 0.15) is 17.2 Å². The van der Waals surface area contributed by atoms with Crippen molar-refractivity contribution in [3.8, 4) is 28.4 Å². The van der Waals surface area contributed by atoms with Gasteiger partial charge in [-0.05, 0) is 48.2 Å². The van der Waals surface area contributed by atoms with Crippen LogP contribution in [0.25, 0.3) is 11.1 Å². The van der Waals surface area contributed by atoms with Crippen LogP contribution < -0.4 is 14.8 Å². The van der Waals surface area contributed by atoms with E-state index in [1.54, 1.807) is 12.1 Å². The fraction of sp³-hybridized carbons (Fsp3) is 0.240. The quantitative estimate of drug-likeness (QED) is 0.539. The second kappa shape index (κ2) is 9.28. The fourth-order valence-corrected chi connectivity index (χ4v) is 3.66. The molecule has 1 saturated carbocycles. The molecule has 0 aromatic heterocycles. The van der Waals surface area contributed by atoms with E-state index < -0.39 is 6.09 Å². The van der Waals surface area contributed by atoms with Crippen molar-refractivity contribution in [2.45, 2.75) is 38.1 Å². The molecule has 1 aliphatic rings. The van der Waals surface area contributed by atoms with Gasteiger partial charge >= 0.3 is 6.09 Å². The predicted octanol–water partition coefficient (Wildman–Crippen LogP) is 6.57. The molecule has 1 aliphatic carbocycles. The van der Waals surface area contributed by atoms with Crippen molar-refractivity contribution in [2.24, 2.45) is 0 Å². The number of rotatable bonds is 5. The van der Waals surface area contributed by atoms with Crippen LogP contribution in [0.4, 0.5) is 4.79 Å². The summed E-state index contributed by atoms with van der Waals surface area (Å²) >= 11 is 0. The SMILES string of the molecule is O=C(NC1CCCCC1)Oc1cccc(Oc2cccc(-c3ccccc3)c2)c1. The lowest BCUT2D eigenvalue weighted by molar-refractivity contribution is 0.192. The summed E-state index contributed by atoms with van der Waals surface area (Å²) in [6.07, 6.45) is 5.22. The lowest BCUT2D eigenvalue weighted by atomic mass is 9.96. The van der Waals surface area contributed by atoms with Crippen molar-refractivity contribution in [3.63, 3.8) is 0 Å². The van der Waals surface area contributed by atoms with Crippen molar-refractivity contribution in [3.05, 3.63) is 78.9 Å². The Bertz CT molecular complexity index is 949. The lowest BCUT2D eigenvalue weighted by Crippen LogP contribution is -2.37. The number of nitrogens with one attached hydrogen (secondary N) is 1. The van der Waals surface area contributed by atoms with Gasteiger partial charge in [0.25, 0.3) is 0 Å². The maximum absolute atomic E-state index is 12.2. The molecule has 0 saturated heterocycles. The van der Waals surface area contributed by atoms with Crippen LogP contribution in [-0.2, 0) is 0 Å². The van der Waals surface area contributed by atoms with Gasteiger partial charge in [0.2, 0.25) is 0 Å². The predicted molar refractivity (Wildman–Crippen MR) is 114 cm³/mol. The molecule has 1 fully saturated rings. The Balaban J connectivity index is 1.40. The van der Waals surface area contributed by atoms with E-state index in [4.69, 9.17) is 9.47 Å². The van der Waals surface area contributed by atoms with Gasteiger partial charge in [-0.3, -0.25) is 0 Å². The maximum atomic E-state index is 12.2. The molecular formula is C25H25NO3. The third-order valence-electron chi connectivity index (χ3n) is 5.12. The summed E-state index contributed by atoms with van der Waals surface area (Å²) < 4.78 is 11.5. The molecule has 0 radical (unpaired) electrons. The van der Waals surface area contributed by atoms with Gasteiger partial charge in [0, 0.05) is 12.1 Å². The molecule has 3 aromatic carbocycles. The number of ether oxygens (including phenoxy) is 2. The minimum absolute atomic E-state index is 0.219. The van der Waals surface area contributed by atoms with E-state index in [0.717, 1.165) is 42.6 Å². The van der Waals surface area contributed by atoms with E-state index in [0.29, 0.717) is 11.5 Å². The van der Waals surface area contributed by atoms with Gasteiger partial charge in [0.15, 0.2) is 0 Å². The summed E-state index contributed by atoms with van der Waals surface area (Å²) in [5.41, 5.74) is 2.22. The smallest absolute Gasteiger partial charge is 0.412 e. The Kier molecular flexibility index (Phi) is 6.10. The second-order valence-corrected chi connectivity index (χ2v) is 7.34. The zero-order valence-electron chi connectivity index (χ0n) is 16.3. The standard InChI is InChI=1S/C25H25NO3/c27-25(26-21-12-5-2-6-13-21)29-24-16-8-15-23(18-24)28-22-14-7-11-20(17-22)19-9-3-1-4-10-19/h1,3-4,7-11,14-18,21H,2,5-6,12-13H2,(H,26,27). The molecule has 3 aromatic rings. The number of hydrogen-bond donors (Lipinski definition) is 1. The number of carbonyl (C=O) groups is 1. The highest BCUT2D eigenvalue weighted by atomic mass is 16.6. The molecule has 0 heterocycles. The van der Waals surface area contributed by atoms with E-state index in [-0.39, 0.29) is 6.04 Å². The van der Waals surface area contributed by atoms with Crippen LogP contribution in [0.3, 0.4) is 0 Å². The lowest BCUT2D eigenvalue weighted by Gasteiger charge is -2.22. The second-order valence-electron chi connectivity index (χ2n) is 7.34. The maximum Gasteiger partial charge on any atom is 0.412 e. The van der Waals surface area contributed by atoms with Crippen LogP contribution in [0.15, 0.2) is 78.9 Å². The van der Waals surface area contributed by atoms with Crippen molar-refractivity contribution >= 4 is 6.09 Å². The monoisotopic (exact) mass is 387 g/mol. The summed E-state index contributed by atoms with van der Waals surface area (Å²) in [7, 11) is 0. The minimum atomic E-state index is -0.403. The van der Waals surface area contributed by atoms with Crippen LogP contribution in [0.5, 0.6) is 17.2 Å². The van der Waals surface area contributed by atoms with Gasteiger partial charge in [0.05, 0.1) is 0 Å². The first-order chi connectivity index (χ1) is 14.3. The minimum Gasteiger partial charge on any atom is -0.457 e. The molecule has 4 heteroatoms. The number of benzene rings is 3. The molecule has 4 rings (SSSR count). The van der Waals surface area contributed by atoms with Gasteiger partial charge in [-0.2, -0.15) is 0 Å². The first-order valence-electron chi connectivity index (χ1n) is 10.2. The average Bonchev–Trinajstić information content (AvgIpc) is 2.75. The highest BCUT2D eigenvalue weighted by Crippen LogP contribution is 2.29. The Morgan fingerprint density at radius 3 is 2.17 bits per heavy atom. The molecule has 1 amide bonds. The van der Waals surface area contributed by atoms with Gasteiger partial charge < -0.3 is 14.8 Å². The highest BCUT2D eigenvalue weighted by Gasteiger charge is 2.16. The van der Waals surface area contributed by atoms with Crippen LogP contribution in [-0.4, -0.2) is 12.1 Å². The number of hydrogen-bond acceptors (Lipinski definition) is 3. The van der Waals surface area contributed by atoms with E-state index in [2.05, 4.69) is 23.5 Å². The Hall–Kier alpha value is -3.27. The van der Waals surface area contributed by atoms with Gasteiger partial charge in [-0.15, -0.1) is 0 Å². The zero-order valence-corrected chi connectivity index (χ0v) is 16.3. The molecule has 0 spiro atoms. The summed E-state index contributed by atoms with van der Waals surface area (Å²) in [5.74, 6) is 1.82. The van der Waals surface area contributed by atoms with Crippen LogP contribution in [0.2, 0.25) is 0 Å². The van der Waals surface area contributed by atoms with Crippen molar-refractivity contribution in [1.82, 2.24) is 5.32 Å². The fourth-order valence-electron chi connectivity index (χ4n) is 3.66. The van der Waals surface area contributed by atoms with E-state index in [1.807, 2.05) is 48.5 Å². The van der Waals surface area contributed by atoms with E-state index in [1.165, 1.54) is 6.42 Å². The molecule has 0 atom stereocenters. The Morgan fingerprint density at radius 2 is 1.38 bits per heavy atom. The van der Waals surface area contributed by atoms with Crippen molar-refractivity contribution < 1.29 is 14.3 Å². The molecule has 29 heavy (non-hydrogen) atoms. The molecule has 4 nitrogen and oxygen atoms in total. The third-order valence-corrected chi connectivity index (χ3v) is 5.12. The topological polar surface area (TPSA) is 47.6 Å². The summed E-state index contributed by atoms with van der Waals surface area (Å²) in [4.78, 5) is 12.2. The number of amides is 1. The third kappa shape index (κ3) is 5.38. The summed E-state index contributed by atoms with van der Waals surface area (Å²) in [6, 6.07) is 25.5. The van der Waals surface area contributed by atoms with Crippen molar-refractivity contribution in [1.29, 1.82) is 0 Å². The highest BCUT2D eigenvalue weighted by molar-refractivity contribution is 5.71. The van der Waals surface area contributed by atoms with Crippen LogP contribution >= 0.6 is 0 Å². The molecule has 1 N–H and O–H groups in total. The largest absolute Gasteiger partial charge is 0.457 e. The van der Waals surface area contributed by atoms with Gasteiger partial charge in [-0.1, -0.05) is 67.8 Å². The van der Waals surface area contributed by atoms with E-state index in [9.17, 15) is 4.79 Å². The summed E-state index contributed by atoms with van der Waals surface area (Å²) in [6.45, 7) is 0. The molecule has 0 bridgehead atoms. The van der Waals surface area contributed by atoms with Gasteiger partial charge in [-0.25, -0.2) is 4.79 Å². The average molecular weight is 387 g/mol. The molecule has 148 valence electrons. The number of carbonyl (C=O) groups excluding carboxylic acids is 1. The van der Waals surface area contributed by atoms with E-state index >= 15 is 0 Å².